The van der Waals surface area contributed by atoms with Gasteiger partial charge in [0, 0.05) is 23.8 Å². The second-order valence-corrected chi connectivity index (χ2v) is 9.25. The van der Waals surface area contributed by atoms with Gasteiger partial charge in [-0.1, -0.05) is 0 Å². The van der Waals surface area contributed by atoms with E-state index in [0.29, 0.717) is 36.0 Å². The molecule has 1 saturated carbocycles. The van der Waals surface area contributed by atoms with Crippen molar-refractivity contribution in [3.8, 4) is 11.6 Å². The molecule has 2 fully saturated rings. The molecule has 1 unspecified atom stereocenters. The molecule has 4 rings (SSSR count). The van der Waals surface area contributed by atoms with E-state index in [0.717, 1.165) is 32.4 Å². The van der Waals surface area contributed by atoms with Crippen molar-refractivity contribution in [2.75, 3.05) is 32.6 Å². The van der Waals surface area contributed by atoms with Crippen molar-refractivity contribution in [3.63, 3.8) is 0 Å². The first-order valence-corrected chi connectivity index (χ1v) is 11.9. The highest BCUT2D eigenvalue weighted by atomic mass is 19.4. The molecule has 1 amide bonds. The second-order valence-electron chi connectivity index (χ2n) is 9.25. The van der Waals surface area contributed by atoms with E-state index in [9.17, 15) is 18.0 Å². The lowest BCUT2D eigenvalue weighted by Gasteiger charge is -2.29. The summed E-state index contributed by atoms with van der Waals surface area (Å²) in [5.74, 6) is -0.583. The van der Waals surface area contributed by atoms with Crippen LogP contribution >= 0.6 is 0 Å². The first-order chi connectivity index (χ1) is 17.1. The van der Waals surface area contributed by atoms with Crippen LogP contribution in [0.1, 0.15) is 48.0 Å². The first kappa shape index (κ1) is 26.0. The number of nitrogens with two attached hydrogens (primary N) is 1. The standard InChI is InChI=1S/C24H31F3N6O3/c1-33-10-8-15(9-11-33)30-21(34)14-6-7-18(20(12-14)35-2)31-23-29-13-16(24(25,26)27)22(32-23)36-19-5-3-4-17(19)28/h6-7,12-13,15,17,19H,3-5,8-11,28H2,1-2H3,(H,30,34)(H,29,31,32)/t17-,19?/m1/s1. The first-order valence-electron chi connectivity index (χ1n) is 11.9. The number of aromatic nitrogens is 2. The highest BCUT2D eigenvalue weighted by Crippen LogP contribution is 2.37. The number of nitrogens with zero attached hydrogens (tertiary/aromatic N) is 3. The Kier molecular flexibility index (Phi) is 7.84. The third-order valence-corrected chi connectivity index (χ3v) is 6.59. The largest absolute Gasteiger partial charge is 0.495 e. The third kappa shape index (κ3) is 6.16. The molecule has 1 aromatic carbocycles. The summed E-state index contributed by atoms with van der Waals surface area (Å²) in [5, 5.41) is 5.91. The monoisotopic (exact) mass is 508 g/mol. The topological polar surface area (TPSA) is 115 Å². The van der Waals surface area contributed by atoms with Gasteiger partial charge in [0.05, 0.1) is 12.8 Å². The van der Waals surface area contributed by atoms with Gasteiger partial charge in [-0.2, -0.15) is 18.2 Å². The molecule has 4 N–H and O–H groups in total. The van der Waals surface area contributed by atoms with Crippen LogP contribution in [-0.4, -0.2) is 66.2 Å². The van der Waals surface area contributed by atoms with E-state index in [-0.39, 0.29) is 23.9 Å². The van der Waals surface area contributed by atoms with Crippen molar-refractivity contribution in [1.29, 1.82) is 0 Å². The van der Waals surface area contributed by atoms with E-state index in [1.54, 1.807) is 18.2 Å². The molecule has 12 heteroatoms. The van der Waals surface area contributed by atoms with Crippen LogP contribution in [0.25, 0.3) is 0 Å². The number of piperidine rings is 1. The Morgan fingerprint density at radius 2 is 1.94 bits per heavy atom. The van der Waals surface area contributed by atoms with Crippen LogP contribution in [0.5, 0.6) is 11.6 Å². The van der Waals surface area contributed by atoms with Gasteiger partial charge in [-0.05, 0) is 70.4 Å². The predicted octanol–water partition coefficient (Wildman–Crippen LogP) is 3.33. The van der Waals surface area contributed by atoms with Crippen LogP contribution in [0.4, 0.5) is 24.8 Å². The summed E-state index contributed by atoms with van der Waals surface area (Å²) in [7, 11) is 3.48. The van der Waals surface area contributed by atoms with Gasteiger partial charge >= 0.3 is 6.18 Å². The van der Waals surface area contributed by atoms with Gasteiger partial charge in [0.15, 0.2) is 0 Å². The Labute approximate surface area is 207 Å². The number of halogens is 3. The second kappa shape index (κ2) is 10.9. The third-order valence-electron chi connectivity index (χ3n) is 6.59. The lowest BCUT2D eigenvalue weighted by Crippen LogP contribution is -2.43. The molecule has 0 radical (unpaired) electrons. The molecule has 196 valence electrons. The van der Waals surface area contributed by atoms with Crippen molar-refractivity contribution < 1.29 is 27.4 Å². The predicted molar refractivity (Wildman–Crippen MR) is 128 cm³/mol. The van der Waals surface area contributed by atoms with Crippen LogP contribution in [0, 0.1) is 0 Å². The summed E-state index contributed by atoms with van der Waals surface area (Å²) in [4.78, 5) is 22.8. The molecule has 36 heavy (non-hydrogen) atoms. The summed E-state index contributed by atoms with van der Waals surface area (Å²) >= 11 is 0. The lowest BCUT2D eigenvalue weighted by atomic mass is 10.0. The Bertz CT molecular complexity index is 1080. The molecule has 9 nitrogen and oxygen atoms in total. The Morgan fingerprint density at radius 1 is 1.19 bits per heavy atom. The van der Waals surface area contributed by atoms with Crippen molar-refractivity contribution in [1.82, 2.24) is 20.2 Å². The molecule has 1 aliphatic carbocycles. The van der Waals surface area contributed by atoms with Crippen LogP contribution in [0.3, 0.4) is 0 Å². The number of hydrogen-bond acceptors (Lipinski definition) is 8. The zero-order valence-corrected chi connectivity index (χ0v) is 20.3. The van der Waals surface area contributed by atoms with E-state index >= 15 is 0 Å². The van der Waals surface area contributed by atoms with Crippen LogP contribution in [0.2, 0.25) is 0 Å². The minimum Gasteiger partial charge on any atom is -0.495 e. The average molecular weight is 509 g/mol. The van der Waals surface area contributed by atoms with Gasteiger partial charge in [0.25, 0.3) is 5.91 Å². The average Bonchev–Trinajstić information content (AvgIpc) is 3.24. The highest BCUT2D eigenvalue weighted by molar-refractivity contribution is 5.95. The number of rotatable bonds is 7. The fourth-order valence-electron chi connectivity index (χ4n) is 4.43. The van der Waals surface area contributed by atoms with Crippen molar-refractivity contribution >= 4 is 17.5 Å². The number of benzene rings is 1. The number of anilines is 2. The van der Waals surface area contributed by atoms with Crippen LogP contribution in [-0.2, 0) is 6.18 Å². The SMILES string of the molecule is COc1cc(C(=O)NC2CCN(C)CC2)ccc1Nc1ncc(C(F)(F)F)c(OC2CCC[C@H]2N)n1. The quantitative estimate of drug-likeness (QED) is 0.522. The van der Waals surface area contributed by atoms with E-state index in [2.05, 4.69) is 25.5 Å². The Morgan fingerprint density at radius 3 is 2.58 bits per heavy atom. The molecule has 1 saturated heterocycles. The van der Waals surface area contributed by atoms with Gasteiger partial charge in [0.1, 0.15) is 17.4 Å². The normalized spacial score (nSPS) is 21.3. The molecular weight excluding hydrogens is 477 g/mol. The molecule has 0 spiro atoms. The number of ether oxygens (including phenoxy) is 2. The fraction of sp³-hybridized carbons (Fsp3) is 0.542. The lowest BCUT2D eigenvalue weighted by molar-refractivity contribution is -0.140. The number of likely N-dealkylation sites (tertiary alicyclic amines) is 1. The summed E-state index contributed by atoms with van der Waals surface area (Å²) in [6.07, 6.45) is -0.792. The van der Waals surface area contributed by atoms with Gasteiger partial charge in [-0.25, -0.2) is 4.98 Å². The van der Waals surface area contributed by atoms with E-state index in [1.165, 1.54) is 7.11 Å². The van der Waals surface area contributed by atoms with E-state index in [1.807, 2.05) is 7.05 Å². The number of alkyl halides is 3. The van der Waals surface area contributed by atoms with Gasteiger partial charge in [-0.15, -0.1) is 0 Å². The maximum absolute atomic E-state index is 13.5. The minimum absolute atomic E-state index is 0.101. The number of hydrogen-bond donors (Lipinski definition) is 3. The Hall–Kier alpha value is -3.12. The number of carbonyl (C=O) groups excluding carboxylic acids is 1. The molecule has 0 bridgehead atoms. The number of methoxy groups -OCH3 is 1. The van der Waals surface area contributed by atoms with Crippen molar-refractivity contribution in [3.05, 3.63) is 35.5 Å². The van der Waals surface area contributed by atoms with E-state index < -0.39 is 23.7 Å². The van der Waals surface area contributed by atoms with Crippen molar-refractivity contribution in [2.45, 2.75) is 56.5 Å². The molecule has 2 aliphatic rings. The number of amides is 1. The fourth-order valence-corrected chi connectivity index (χ4v) is 4.43. The minimum atomic E-state index is -4.68. The number of carbonyl (C=O) groups is 1. The summed E-state index contributed by atoms with van der Waals surface area (Å²) in [6.45, 7) is 1.84. The van der Waals surface area contributed by atoms with E-state index in [4.69, 9.17) is 15.2 Å². The molecule has 2 atom stereocenters. The van der Waals surface area contributed by atoms with Crippen molar-refractivity contribution in [2.24, 2.45) is 5.73 Å². The maximum Gasteiger partial charge on any atom is 0.423 e. The van der Waals surface area contributed by atoms with Crippen LogP contribution < -0.4 is 25.8 Å². The molecule has 2 aromatic rings. The van der Waals surface area contributed by atoms with Gasteiger partial charge in [0.2, 0.25) is 11.8 Å². The molecule has 1 aromatic heterocycles. The maximum atomic E-state index is 13.5. The molecule has 2 heterocycles. The van der Waals surface area contributed by atoms with Crippen LogP contribution in [0.15, 0.2) is 24.4 Å². The summed E-state index contributed by atoms with van der Waals surface area (Å²) in [5.41, 5.74) is 5.70. The summed E-state index contributed by atoms with van der Waals surface area (Å²) < 4.78 is 51.6. The highest BCUT2D eigenvalue weighted by Gasteiger charge is 2.38. The zero-order valence-electron chi connectivity index (χ0n) is 20.3. The van der Waals surface area contributed by atoms with Gasteiger partial charge in [-0.3, -0.25) is 4.79 Å². The summed E-state index contributed by atoms with van der Waals surface area (Å²) in [6, 6.07) is 4.51. The van der Waals surface area contributed by atoms with Gasteiger partial charge < -0.3 is 30.7 Å². The molecule has 1 aliphatic heterocycles. The number of nitrogens with one attached hydrogen (secondary N) is 2. The Balaban J connectivity index is 1.51. The molecular formula is C24H31F3N6O3. The zero-order chi connectivity index (χ0) is 25.9. The smallest absolute Gasteiger partial charge is 0.423 e.